The first-order valence-corrected chi connectivity index (χ1v) is 2.90. The Labute approximate surface area is 62.3 Å². The van der Waals surface area contributed by atoms with Crippen LogP contribution in [0.3, 0.4) is 0 Å². The van der Waals surface area contributed by atoms with E-state index in [-0.39, 0.29) is 17.1 Å². The highest BCUT2D eigenvalue weighted by molar-refractivity contribution is 5.67. The number of nitrogens with one attached hydrogen (secondary N) is 1. The van der Waals surface area contributed by atoms with Gasteiger partial charge in [-0.15, -0.1) is 0 Å². The number of nitrogens with two attached hydrogens (primary N) is 2. The number of hydrogen-bond acceptors (Lipinski definition) is 3. The van der Waals surface area contributed by atoms with Crippen molar-refractivity contribution in [2.45, 2.75) is 0 Å². The van der Waals surface area contributed by atoms with Gasteiger partial charge in [0.2, 0.25) is 0 Å². The number of rotatable bonds is 1. The van der Waals surface area contributed by atoms with Crippen LogP contribution in [-0.2, 0) is 0 Å². The third-order valence-electron chi connectivity index (χ3n) is 1.25. The average molecular weight is 157 g/mol. The fourth-order valence-corrected chi connectivity index (χ4v) is 0.738. The molecule has 1 aromatic heterocycles. The third-order valence-corrected chi connectivity index (χ3v) is 1.25. The van der Waals surface area contributed by atoms with Crippen LogP contribution < -0.4 is 11.5 Å². The Bertz CT molecular complexity index is 292. The van der Waals surface area contributed by atoms with Gasteiger partial charge in [-0.2, -0.15) is 4.39 Å². The zero-order chi connectivity index (χ0) is 8.43. The maximum absolute atomic E-state index is 12.4. The van der Waals surface area contributed by atoms with Crippen LogP contribution in [0.2, 0.25) is 0 Å². The summed E-state index contributed by atoms with van der Waals surface area (Å²) < 4.78 is 12.4. The summed E-state index contributed by atoms with van der Waals surface area (Å²) in [7, 11) is 0. The van der Waals surface area contributed by atoms with Gasteiger partial charge in [0, 0.05) is 12.3 Å². The molecule has 1 aromatic rings. The molecule has 0 amide bonds. The Balaban J connectivity index is 3.13. The van der Waals surface area contributed by atoms with E-state index in [1.165, 1.54) is 0 Å². The molecule has 6 N–H and O–H groups in total. The molecule has 11 heavy (non-hydrogen) atoms. The van der Waals surface area contributed by atoms with E-state index < -0.39 is 5.95 Å². The van der Waals surface area contributed by atoms with E-state index in [2.05, 4.69) is 4.98 Å². The van der Waals surface area contributed by atoms with E-state index in [9.17, 15) is 4.39 Å². The van der Waals surface area contributed by atoms with Gasteiger partial charge in [-0.05, 0) is 0 Å². The predicted octanol–water partition coefficient (Wildman–Crippen LogP) is 0.551. The quantitative estimate of drug-likeness (QED) is 0.449. The predicted molar refractivity (Wildman–Crippen MR) is 40.0 cm³/mol. The summed E-state index contributed by atoms with van der Waals surface area (Å²) in [6.45, 7) is 0. The van der Waals surface area contributed by atoms with Crippen molar-refractivity contribution in [3.05, 3.63) is 23.8 Å². The maximum Gasteiger partial charge on any atom is 0.193 e. The fraction of sp³-hybridized carbons (Fsp3) is 0. The normalized spacial score (nSPS) is 11.9. The molecule has 4 nitrogen and oxygen atoms in total. The summed E-state index contributed by atoms with van der Waals surface area (Å²) in [5, 5.41) is 8.99. The number of aliphatic hydroxyl groups excluding tert-OH is 1. The zero-order valence-electron chi connectivity index (χ0n) is 5.63. The van der Waals surface area contributed by atoms with Crippen LogP contribution in [0.15, 0.2) is 12.3 Å². The molecule has 5 heteroatoms. The molecule has 0 radical (unpaired) electrons. The van der Waals surface area contributed by atoms with E-state index in [0.717, 1.165) is 12.3 Å². The molecule has 0 saturated heterocycles. The summed E-state index contributed by atoms with van der Waals surface area (Å²) >= 11 is 0. The number of aromatic nitrogens is 1. The largest absolute Gasteiger partial charge is 0.506 e. The Morgan fingerprint density at radius 3 is 2.73 bits per heavy atom. The van der Waals surface area contributed by atoms with Crippen molar-refractivity contribution >= 4 is 11.6 Å². The lowest BCUT2D eigenvalue weighted by molar-refractivity contribution is 0.510. The van der Waals surface area contributed by atoms with Gasteiger partial charge in [-0.25, -0.2) is 0 Å². The minimum absolute atomic E-state index is 0.0571. The molecule has 0 aliphatic rings. The lowest BCUT2D eigenvalue weighted by Gasteiger charge is -1.94. The molecule has 60 valence electrons. The van der Waals surface area contributed by atoms with Crippen LogP contribution in [0.25, 0.3) is 5.76 Å². The molecule has 0 unspecified atom stereocenters. The molecule has 1 heterocycles. The monoisotopic (exact) mass is 157 g/mol. The highest BCUT2D eigenvalue weighted by atomic mass is 19.1. The molecule has 0 aliphatic heterocycles. The molecule has 0 atom stereocenters. The molecule has 1 rings (SSSR count). The van der Waals surface area contributed by atoms with Crippen molar-refractivity contribution in [3.63, 3.8) is 0 Å². The third kappa shape index (κ3) is 1.26. The van der Waals surface area contributed by atoms with Crippen molar-refractivity contribution < 1.29 is 9.50 Å². The molecule has 0 bridgehead atoms. The number of nitrogen functional groups attached to an aromatic ring is 1. The number of hydrogen-bond donors (Lipinski definition) is 4. The van der Waals surface area contributed by atoms with Crippen LogP contribution in [0.4, 0.5) is 10.2 Å². The van der Waals surface area contributed by atoms with Gasteiger partial charge in [0.15, 0.2) is 5.95 Å². The minimum atomic E-state index is -0.606. The summed E-state index contributed by atoms with van der Waals surface area (Å²) in [5.41, 5.74) is 10.4. The van der Waals surface area contributed by atoms with Crippen LogP contribution in [0.1, 0.15) is 5.56 Å². The Hall–Kier alpha value is -1.65. The van der Waals surface area contributed by atoms with Gasteiger partial charge in [0.1, 0.15) is 11.6 Å². The smallest absolute Gasteiger partial charge is 0.193 e. The number of halogens is 1. The number of aromatic amines is 1. The standard InChI is InChI=1S/C6H8FN3O/c7-5-1-3(4(11)2-8)6(9)10-5/h1-2,10-11H,8-9H2/b4-2+. The van der Waals surface area contributed by atoms with Crippen molar-refractivity contribution in [1.82, 2.24) is 4.98 Å². The zero-order valence-corrected chi connectivity index (χ0v) is 5.63. The van der Waals surface area contributed by atoms with Gasteiger partial charge in [0.25, 0.3) is 0 Å². The molecule has 0 aromatic carbocycles. The van der Waals surface area contributed by atoms with Crippen LogP contribution in [0, 0.1) is 5.95 Å². The summed E-state index contributed by atoms with van der Waals surface area (Å²) in [6, 6.07) is 1.06. The summed E-state index contributed by atoms with van der Waals surface area (Å²) in [4.78, 5) is 2.18. The van der Waals surface area contributed by atoms with Crippen molar-refractivity contribution in [2.24, 2.45) is 5.73 Å². The van der Waals surface area contributed by atoms with E-state index >= 15 is 0 Å². The number of H-pyrrole nitrogens is 1. The topological polar surface area (TPSA) is 88.1 Å². The van der Waals surface area contributed by atoms with Gasteiger partial charge in [0.05, 0.1) is 5.56 Å². The molecular formula is C6H8FN3O. The van der Waals surface area contributed by atoms with Gasteiger partial charge >= 0.3 is 0 Å². The van der Waals surface area contributed by atoms with E-state index in [0.29, 0.717) is 0 Å². The molecule has 0 spiro atoms. The van der Waals surface area contributed by atoms with E-state index in [4.69, 9.17) is 16.6 Å². The van der Waals surface area contributed by atoms with Crippen molar-refractivity contribution in [3.8, 4) is 0 Å². The summed E-state index contributed by atoms with van der Waals surface area (Å²) in [6.07, 6.45) is 0.943. The molecule has 0 saturated carbocycles. The van der Waals surface area contributed by atoms with Crippen LogP contribution in [0.5, 0.6) is 0 Å². The molecular weight excluding hydrogens is 149 g/mol. The van der Waals surface area contributed by atoms with Crippen molar-refractivity contribution in [2.75, 3.05) is 5.73 Å². The van der Waals surface area contributed by atoms with Gasteiger partial charge in [-0.1, -0.05) is 0 Å². The lowest BCUT2D eigenvalue weighted by Crippen LogP contribution is -1.92. The fourth-order valence-electron chi connectivity index (χ4n) is 0.738. The first kappa shape index (κ1) is 7.46. The summed E-state index contributed by atoms with van der Waals surface area (Å²) in [5.74, 6) is -0.796. The second-order valence-corrected chi connectivity index (χ2v) is 2.00. The highest BCUT2D eigenvalue weighted by Crippen LogP contribution is 2.18. The van der Waals surface area contributed by atoms with Crippen LogP contribution >= 0.6 is 0 Å². The second-order valence-electron chi connectivity index (χ2n) is 2.00. The van der Waals surface area contributed by atoms with Gasteiger partial charge < -0.3 is 21.6 Å². The minimum Gasteiger partial charge on any atom is -0.506 e. The SMILES string of the molecule is N/C=C(/O)c1cc(F)[nH]c1N. The number of aliphatic hydroxyl groups is 1. The lowest BCUT2D eigenvalue weighted by atomic mass is 10.3. The Morgan fingerprint density at radius 2 is 2.36 bits per heavy atom. The highest BCUT2D eigenvalue weighted by Gasteiger charge is 2.07. The number of anilines is 1. The first-order chi connectivity index (χ1) is 5.15. The average Bonchev–Trinajstić information content (AvgIpc) is 2.28. The Kier molecular flexibility index (Phi) is 1.72. The van der Waals surface area contributed by atoms with Crippen LogP contribution in [-0.4, -0.2) is 10.1 Å². The molecule has 0 fully saturated rings. The first-order valence-electron chi connectivity index (χ1n) is 2.90. The maximum atomic E-state index is 12.4. The second kappa shape index (κ2) is 2.53. The molecule has 0 aliphatic carbocycles. The van der Waals surface area contributed by atoms with E-state index in [1.807, 2.05) is 0 Å². The van der Waals surface area contributed by atoms with E-state index in [1.54, 1.807) is 0 Å². The van der Waals surface area contributed by atoms with Gasteiger partial charge in [-0.3, -0.25) is 0 Å². The Morgan fingerprint density at radius 1 is 1.73 bits per heavy atom. The van der Waals surface area contributed by atoms with Crippen molar-refractivity contribution in [1.29, 1.82) is 0 Å².